The lowest BCUT2D eigenvalue weighted by atomic mass is 9.84. The van der Waals surface area contributed by atoms with Crippen molar-refractivity contribution in [3.63, 3.8) is 0 Å². The lowest BCUT2D eigenvalue weighted by Gasteiger charge is -2.47. The van der Waals surface area contributed by atoms with E-state index < -0.39 is 36.5 Å². The molecule has 0 aromatic heterocycles. The number of fused-ring (bicyclic) bond motifs is 3. The summed E-state index contributed by atoms with van der Waals surface area (Å²) in [5, 5.41) is 0. The van der Waals surface area contributed by atoms with E-state index in [4.69, 9.17) is 37.9 Å². The second-order valence-electron chi connectivity index (χ2n) is 6.83. The van der Waals surface area contributed by atoms with Crippen LogP contribution in [0, 0.1) is 6.92 Å². The molecule has 9 heteroatoms. The molecule has 0 saturated carbocycles. The van der Waals surface area contributed by atoms with Gasteiger partial charge in [0.1, 0.15) is 24.4 Å². The minimum atomic E-state index is -0.732. The summed E-state index contributed by atoms with van der Waals surface area (Å²) in [6.45, 7) is 2.04. The van der Waals surface area contributed by atoms with Crippen molar-refractivity contribution in [1.29, 1.82) is 0 Å². The topological polar surface area (TPSA) is 90.9 Å². The molecule has 9 nitrogen and oxygen atoms in total. The maximum absolute atomic E-state index is 13.0. The highest BCUT2D eigenvalue weighted by Crippen LogP contribution is 2.53. The summed E-state index contributed by atoms with van der Waals surface area (Å²) in [6.07, 6.45) is -2.88. The second-order valence-corrected chi connectivity index (χ2v) is 6.83. The number of rotatable bonds is 7. The van der Waals surface area contributed by atoms with Gasteiger partial charge in [-0.3, -0.25) is 0 Å². The maximum atomic E-state index is 13.0. The summed E-state index contributed by atoms with van der Waals surface area (Å²) >= 11 is 0. The van der Waals surface area contributed by atoms with Gasteiger partial charge in [0.2, 0.25) is 5.75 Å². The quantitative estimate of drug-likeness (QED) is 0.620. The molecular weight excluding hydrogens is 384 g/mol. The normalized spacial score (nSPS) is 28.2. The largest absolute Gasteiger partial charge is 0.492 e. The second kappa shape index (κ2) is 8.74. The van der Waals surface area contributed by atoms with Crippen molar-refractivity contribution in [3.05, 3.63) is 16.7 Å². The van der Waals surface area contributed by atoms with Crippen molar-refractivity contribution >= 4 is 5.97 Å². The van der Waals surface area contributed by atoms with Gasteiger partial charge in [0.05, 0.1) is 33.5 Å². The number of methoxy groups -OCH3 is 6. The van der Waals surface area contributed by atoms with Crippen LogP contribution in [0.25, 0.3) is 0 Å². The van der Waals surface area contributed by atoms with Crippen molar-refractivity contribution in [2.24, 2.45) is 0 Å². The van der Waals surface area contributed by atoms with Crippen LogP contribution in [0.15, 0.2) is 0 Å². The summed E-state index contributed by atoms with van der Waals surface area (Å²) in [4.78, 5) is 13.0. The number of benzene rings is 1. The van der Waals surface area contributed by atoms with Crippen LogP contribution in [-0.4, -0.2) is 79.7 Å². The molecule has 0 aliphatic carbocycles. The van der Waals surface area contributed by atoms with Crippen LogP contribution in [0.4, 0.5) is 0 Å². The molecule has 29 heavy (non-hydrogen) atoms. The van der Waals surface area contributed by atoms with Crippen molar-refractivity contribution in [3.8, 4) is 17.2 Å². The fraction of sp³-hybridized carbons (Fsp3) is 0.650. The molecule has 2 heterocycles. The fourth-order valence-corrected chi connectivity index (χ4v) is 4.30. The van der Waals surface area contributed by atoms with E-state index in [1.807, 2.05) is 0 Å². The van der Waals surface area contributed by atoms with E-state index in [1.165, 1.54) is 21.3 Å². The smallest absolute Gasteiger partial charge is 0.339 e. The van der Waals surface area contributed by atoms with Crippen LogP contribution in [-0.2, 0) is 23.7 Å². The predicted molar refractivity (Wildman–Crippen MR) is 101 cm³/mol. The fourth-order valence-electron chi connectivity index (χ4n) is 4.30. The van der Waals surface area contributed by atoms with E-state index in [0.29, 0.717) is 33.9 Å². The maximum Gasteiger partial charge on any atom is 0.339 e. The Morgan fingerprint density at radius 3 is 2.00 bits per heavy atom. The van der Waals surface area contributed by atoms with Crippen LogP contribution in [0.2, 0.25) is 0 Å². The van der Waals surface area contributed by atoms with Gasteiger partial charge >= 0.3 is 5.97 Å². The van der Waals surface area contributed by atoms with Crippen molar-refractivity contribution < 1.29 is 42.7 Å². The van der Waals surface area contributed by atoms with Gasteiger partial charge in [-0.1, -0.05) is 0 Å². The van der Waals surface area contributed by atoms with Crippen molar-refractivity contribution in [2.45, 2.75) is 37.4 Å². The van der Waals surface area contributed by atoms with E-state index in [-0.39, 0.29) is 6.61 Å². The van der Waals surface area contributed by atoms with E-state index >= 15 is 0 Å². The summed E-state index contributed by atoms with van der Waals surface area (Å²) in [7, 11) is 9.20. The molecule has 1 aromatic carbocycles. The highest BCUT2D eigenvalue weighted by Gasteiger charge is 2.54. The first-order valence-corrected chi connectivity index (χ1v) is 9.22. The first-order chi connectivity index (χ1) is 14.0. The third-order valence-electron chi connectivity index (χ3n) is 5.50. The zero-order valence-electron chi connectivity index (χ0n) is 17.8. The van der Waals surface area contributed by atoms with E-state index in [0.717, 1.165) is 0 Å². The Morgan fingerprint density at radius 1 is 0.862 bits per heavy atom. The zero-order valence-corrected chi connectivity index (χ0v) is 17.8. The lowest BCUT2D eigenvalue weighted by Crippen LogP contribution is -2.59. The minimum absolute atomic E-state index is 0.277. The molecule has 2 aliphatic rings. The standard InChI is InChI=1S/C20H28O9/c1-9-11-12(15(25-5)17(26-6)13(9)23-3)16-19(29-20(11)21)18(27-7)14(24-4)10(28-16)8-22-2/h10,14,16,18-19H,8H2,1-7H3. The van der Waals surface area contributed by atoms with E-state index in [1.54, 1.807) is 28.3 Å². The van der Waals surface area contributed by atoms with Crippen LogP contribution in [0.3, 0.4) is 0 Å². The molecule has 0 spiro atoms. The monoisotopic (exact) mass is 412 g/mol. The van der Waals surface area contributed by atoms with Crippen molar-refractivity contribution in [1.82, 2.24) is 0 Å². The number of hydrogen-bond acceptors (Lipinski definition) is 9. The Morgan fingerprint density at radius 2 is 1.48 bits per heavy atom. The van der Waals surface area contributed by atoms with Gasteiger partial charge in [0, 0.05) is 32.5 Å². The third-order valence-corrected chi connectivity index (χ3v) is 5.50. The first kappa shape index (κ1) is 21.6. The summed E-state index contributed by atoms with van der Waals surface area (Å²) in [5.74, 6) is 0.636. The number of carbonyl (C=O) groups is 1. The molecule has 0 radical (unpaired) electrons. The van der Waals surface area contributed by atoms with E-state index in [9.17, 15) is 4.79 Å². The average Bonchev–Trinajstić information content (AvgIpc) is 2.72. The first-order valence-electron chi connectivity index (χ1n) is 9.22. The van der Waals surface area contributed by atoms with Crippen molar-refractivity contribution in [2.75, 3.05) is 49.3 Å². The molecule has 1 fully saturated rings. The SMILES string of the molecule is COCC1OC2c3c(OC)c(OC)c(OC)c(C)c3C(=O)OC2C(OC)C1OC. The van der Waals surface area contributed by atoms with Crippen LogP contribution in [0.1, 0.15) is 27.6 Å². The summed E-state index contributed by atoms with van der Waals surface area (Å²) in [5.41, 5.74) is 1.46. The average molecular weight is 412 g/mol. The van der Waals surface area contributed by atoms with E-state index in [2.05, 4.69) is 0 Å². The Hall–Kier alpha value is -2.07. The molecule has 2 aliphatic heterocycles. The highest BCUT2D eigenvalue weighted by atomic mass is 16.6. The molecule has 0 amide bonds. The predicted octanol–water partition coefficient (Wildman–Crippen LogP) is 1.68. The summed E-state index contributed by atoms with van der Waals surface area (Å²) < 4.78 is 45.4. The molecule has 0 bridgehead atoms. The number of hydrogen-bond donors (Lipinski definition) is 0. The van der Waals surface area contributed by atoms with Gasteiger partial charge in [0.25, 0.3) is 0 Å². The minimum Gasteiger partial charge on any atom is -0.492 e. The Labute approximate surface area is 170 Å². The molecular formula is C20H28O9. The molecule has 1 aromatic rings. The van der Waals surface area contributed by atoms with Crippen LogP contribution < -0.4 is 14.2 Å². The van der Waals surface area contributed by atoms with Gasteiger partial charge in [-0.05, 0) is 6.92 Å². The van der Waals surface area contributed by atoms with Gasteiger partial charge < -0.3 is 37.9 Å². The molecule has 5 unspecified atom stereocenters. The number of carbonyl (C=O) groups excluding carboxylic acids is 1. The van der Waals surface area contributed by atoms with Gasteiger partial charge in [-0.25, -0.2) is 4.79 Å². The van der Waals surface area contributed by atoms with Gasteiger partial charge in [-0.15, -0.1) is 0 Å². The lowest BCUT2D eigenvalue weighted by molar-refractivity contribution is -0.249. The Kier molecular flexibility index (Phi) is 6.52. The molecule has 162 valence electrons. The Bertz CT molecular complexity index is 763. The highest BCUT2D eigenvalue weighted by molar-refractivity contribution is 5.97. The third kappa shape index (κ3) is 3.31. The zero-order chi connectivity index (χ0) is 21.3. The number of ether oxygens (including phenoxy) is 8. The molecule has 5 atom stereocenters. The molecule has 0 N–H and O–H groups in total. The van der Waals surface area contributed by atoms with Gasteiger partial charge in [-0.2, -0.15) is 0 Å². The Balaban J connectivity index is 2.24. The van der Waals surface area contributed by atoms with Gasteiger partial charge in [0.15, 0.2) is 17.6 Å². The van der Waals surface area contributed by atoms with Crippen LogP contribution >= 0.6 is 0 Å². The van der Waals surface area contributed by atoms with Crippen LogP contribution in [0.5, 0.6) is 17.2 Å². The number of esters is 1. The summed E-state index contributed by atoms with van der Waals surface area (Å²) in [6, 6.07) is 0. The molecule has 1 saturated heterocycles. The molecule has 3 rings (SSSR count).